The van der Waals surface area contributed by atoms with Gasteiger partial charge < -0.3 is 4.74 Å². The van der Waals surface area contributed by atoms with Crippen LogP contribution in [-0.4, -0.2) is 19.6 Å². The maximum absolute atomic E-state index is 10.9. The van der Waals surface area contributed by atoms with Gasteiger partial charge in [0.1, 0.15) is 10.6 Å². The molecule has 0 aromatic heterocycles. The minimum atomic E-state index is -4.29. The Bertz CT molecular complexity index is 427. The van der Waals surface area contributed by atoms with Crippen LogP contribution in [0.4, 0.5) is 0 Å². The molecular weight excluding hydrogens is 228 g/mol. The minimum absolute atomic E-state index is 0.0967. The van der Waals surface area contributed by atoms with Crippen molar-refractivity contribution in [1.82, 2.24) is 0 Å². The molecule has 1 N–H and O–H groups in total. The summed E-state index contributed by atoms with van der Waals surface area (Å²) in [6.07, 6.45) is 0. The van der Waals surface area contributed by atoms with Gasteiger partial charge in [0, 0.05) is 5.02 Å². The van der Waals surface area contributed by atoms with Crippen molar-refractivity contribution < 1.29 is 17.7 Å². The van der Waals surface area contributed by atoms with Crippen LogP contribution in [0.5, 0.6) is 5.75 Å². The molecule has 0 fully saturated rings. The van der Waals surface area contributed by atoms with Crippen LogP contribution in [0.15, 0.2) is 23.1 Å². The number of benzene rings is 1. The summed E-state index contributed by atoms with van der Waals surface area (Å²) >= 11 is 5.59. The highest BCUT2D eigenvalue weighted by Gasteiger charge is 2.16. The zero-order chi connectivity index (χ0) is 10.8. The van der Waals surface area contributed by atoms with Crippen LogP contribution in [0.1, 0.15) is 6.92 Å². The summed E-state index contributed by atoms with van der Waals surface area (Å²) in [5.41, 5.74) is 0. The lowest BCUT2D eigenvalue weighted by Crippen LogP contribution is -2.03. The minimum Gasteiger partial charge on any atom is -0.492 e. The van der Waals surface area contributed by atoms with E-state index in [9.17, 15) is 8.42 Å². The van der Waals surface area contributed by atoms with Crippen LogP contribution in [-0.2, 0) is 10.1 Å². The molecule has 0 unspecified atom stereocenters. The van der Waals surface area contributed by atoms with Gasteiger partial charge in [0.05, 0.1) is 6.61 Å². The van der Waals surface area contributed by atoms with Crippen molar-refractivity contribution in [2.45, 2.75) is 11.8 Å². The third-order valence-electron chi connectivity index (χ3n) is 1.48. The van der Waals surface area contributed by atoms with Crippen molar-refractivity contribution in [1.29, 1.82) is 0 Å². The van der Waals surface area contributed by atoms with E-state index < -0.39 is 10.1 Å². The van der Waals surface area contributed by atoms with Crippen molar-refractivity contribution in [2.24, 2.45) is 0 Å². The topological polar surface area (TPSA) is 63.6 Å². The van der Waals surface area contributed by atoms with Gasteiger partial charge in [-0.1, -0.05) is 11.6 Å². The lowest BCUT2D eigenvalue weighted by Gasteiger charge is -2.07. The maximum atomic E-state index is 10.9. The van der Waals surface area contributed by atoms with Crippen molar-refractivity contribution >= 4 is 21.7 Å². The Hall–Kier alpha value is -0.780. The number of hydrogen-bond acceptors (Lipinski definition) is 3. The Morgan fingerprint density at radius 3 is 2.64 bits per heavy atom. The standard InChI is InChI=1S/C8H9ClO4S/c1-2-13-7-4-3-6(9)5-8(7)14(10,11)12/h3-5H,2H2,1H3,(H,10,11,12). The molecular formula is C8H9ClO4S. The van der Waals surface area contributed by atoms with Gasteiger partial charge in [-0.05, 0) is 25.1 Å². The molecule has 0 aliphatic carbocycles. The van der Waals surface area contributed by atoms with Gasteiger partial charge in [-0.3, -0.25) is 4.55 Å². The van der Waals surface area contributed by atoms with Crippen LogP contribution >= 0.6 is 11.6 Å². The lowest BCUT2D eigenvalue weighted by atomic mass is 10.3. The molecule has 6 heteroatoms. The van der Waals surface area contributed by atoms with Crippen molar-refractivity contribution in [2.75, 3.05) is 6.61 Å². The van der Waals surface area contributed by atoms with Crippen molar-refractivity contribution in [3.8, 4) is 5.75 Å². The fraction of sp³-hybridized carbons (Fsp3) is 0.250. The highest BCUT2D eigenvalue weighted by atomic mass is 35.5. The molecule has 1 aromatic carbocycles. The smallest absolute Gasteiger partial charge is 0.298 e. The molecule has 0 atom stereocenters. The molecule has 0 saturated heterocycles. The molecule has 0 saturated carbocycles. The molecule has 78 valence electrons. The summed E-state index contributed by atoms with van der Waals surface area (Å²) in [4.78, 5) is -0.313. The number of halogens is 1. The normalized spacial score (nSPS) is 11.4. The van der Waals surface area contributed by atoms with E-state index in [4.69, 9.17) is 20.9 Å². The first-order valence-corrected chi connectivity index (χ1v) is 5.66. The van der Waals surface area contributed by atoms with Gasteiger partial charge in [-0.25, -0.2) is 0 Å². The molecule has 0 heterocycles. The zero-order valence-electron chi connectivity index (χ0n) is 7.40. The summed E-state index contributed by atoms with van der Waals surface area (Å²) in [6.45, 7) is 2.02. The third-order valence-corrected chi connectivity index (χ3v) is 2.59. The summed E-state index contributed by atoms with van der Waals surface area (Å²) < 4.78 is 35.7. The van der Waals surface area contributed by atoms with E-state index in [1.165, 1.54) is 12.1 Å². The number of rotatable bonds is 3. The molecule has 4 nitrogen and oxygen atoms in total. The average molecular weight is 237 g/mol. The first-order valence-electron chi connectivity index (χ1n) is 3.85. The Labute approximate surface area is 87.2 Å². The van der Waals surface area contributed by atoms with Crippen LogP contribution < -0.4 is 4.74 Å². The van der Waals surface area contributed by atoms with Crippen molar-refractivity contribution in [3.05, 3.63) is 23.2 Å². The molecule has 14 heavy (non-hydrogen) atoms. The van der Waals surface area contributed by atoms with Gasteiger partial charge in [-0.15, -0.1) is 0 Å². The van der Waals surface area contributed by atoms with Gasteiger partial charge in [0.2, 0.25) is 0 Å². The molecule has 0 radical (unpaired) electrons. The van der Waals surface area contributed by atoms with E-state index in [2.05, 4.69) is 0 Å². The highest BCUT2D eigenvalue weighted by Crippen LogP contribution is 2.26. The van der Waals surface area contributed by atoms with E-state index in [1.807, 2.05) is 0 Å². The second-order valence-electron chi connectivity index (χ2n) is 2.50. The quantitative estimate of drug-likeness (QED) is 0.816. The van der Waals surface area contributed by atoms with E-state index in [1.54, 1.807) is 6.92 Å². The van der Waals surface area contributed by atoms with Crippen LogP contribution in [0, 0.1) is 0 Å². The number of ether oxygens (including phenoxy) is 1. The fourth-order valence-corrected chi connectivity index (χ4v) is 1.85. The molecule has 0 aliphatic heterocycles. The third kappa shape index (κ3) is 2.60. The maximum Gasteiger partial charge on any atom is 0.298 e. The SMILES string of the molecule is CCOc1ccc(Cl)cc1S(=O)(=O)O. The largest absolute Gasteiger partial charge is 0.492 e. The van der Waals surface area contributed by atoms with E-state index in [0.29, 0.717) is 6.61 Å². The molecule has 0 amide bonds. The monoisotopic (exact) mass is 236 g/mol. The summed E-state index contributed by atoms with van der Waals surface area (Å²) in [6, 6.07) is 4.03. The highest BCUT2D eigenvalue weighted by molar-refractivity contribution is 7.86. The fourth-order valence-electron chi connectivity index (χ4n) is 0.958. The Morgan fingerprint density at radius 2 is 2.14 bits per heavy atom. The Balaban J connectivity index is 3.30. The van der Waals surface area contributed by atoms with E-state index in [-0.39, 0.29) is 15.7 Å². The summed E-state index contributed by atoms with van der Waals surface area (Å²) in [5.74, 6) is 0.0967. The second kappa shape index (κ2) is 4.16. The van der Waals surface area contributed by atoms with E-state index in [0.717, 1.165) is 6.07 Å². The second-order valence-corrected chi connectivity index (χ2v) is 4.33. The molecule has 0 bridgehead atoms. The predicted octanol–water partition coefficient (Wildman–Crippen LogP) is 1.99. The molecule has 1 rings (SSSR count). The lowest BCUT2D eigenvalue weighted by molar-refractivity contribution is 0.329. The van der Waals surface area contributed by atoms with Gasteiger partial charge in [0.15, 0.2) is 0 Å². The Morgan fingerprint density at radius 1 is 1.50 bits per heavy atom. The molecule has 0 aliphatic rings. The summed E-state index contributed by atoms with van der Waals surface area (Å²) in [7, 11) is -4.29. The van der Waals surface area contributed by atoms with Crippen LogP contribution in [0.2, 0.25) is 5.02 Å². The average Bonchev–Trinajstić information content (AvgIpc) is 2.07. The molecule has 0 spiro atoms. The van der Waals surface area contributed by atoms with Crippen LogP contribution in [0.25, 0.3) is 0 Å². The summed E-state index contributed by atoms with van der Waals surface area (Å²) in [5, 5.41) is 0.223. The van der Waals surface area contributed by atoms with Gasteiger partial charge in [-0.2, -0.15) is 8.42 Å². The first-order chi connectivity index (χ1) is 6.45. The predicted molar refractivity (Wildman–Crippen MR) is 52.4 cm³/mol. The van der Waals surface area contributed by atoms with Gasteiger partial charge in [0.25, 0.3) is 10.1 Å². The Kier molecular flexibility index (Phi) is 3.36. The van der Waals surface area contributed by atoms with Crippen molar-refractivity contribution in [3.63, 3.8) is 0 Å². The first kappa shape index (κ1) is 11.3. The number of hydrogen-bond donors (Lipinski definition) is 1. The van der Waals surface area contributed by atoms with E-state index >= 15 is 0 Å². The molecule has 1 aromatic rings. The zero-order valence-corrected chi connectivity index (χ0v) is 8.97. The van der Waals surface area contributed by atoms with Gasteiger partial charge >= 0.3 is 0 Å². The van der Waals surface area contributed by atoms with Crippen LogP contribution in [0.3, 0.4) is 0 Å².